The molecule has 0 saturated heterocycles. The number of benzene rings is 3. The maximum absolute atomic E-state index is 5.26. The maximum Gasteiger partial charge on any atom is 0.161 e. The molecule has 25 heavy (non-hydrogen) atoms. The molecule has 0 aromatic heterocycles. The molecule has 1 heterocycles. The van der Waals surface area contributed by atoms with Crippen LogP contribution in [-0.4, -0.2) is 20.8 Å². The summed E-state index contributed by atoms with van der Waals surface area (Å²) in [5.74, 6) is 1.64. The van der Waals surface area contributed by atoms with Gasteiger partial charge in [-0.05, 0) is 59.5 Å². The summed E-state index contributed by atoms with van der Waals surface area (Å²) in [5, 5.41) is 6.02. The topological polar surface area (TPSA) is 30.5 Å². The zero-order valence-electron chi connectivity index (χ0n) is 15.1. The molecule has 0 amide bonds. The Bertz CT molecular complexity index is 808. The van der Waals surface area contributed by atoms with Crippen molar-refractivity contribution in [3.63, 3.8) is 0 Å². The Balaban J connectivity index is 0.000000150. The van der Waals surface area contributed by atoms with Gasteiger partial charge in [0.1, 0.15) is 0 Å². The Kier molecular flexibility index (Phi) is 5.56. The van der Waals surface area contributed by atoms with Crippen LogP contribution in [-0.2, 0) is 13.0 Å². The van der Waals surface area contributed by atoms with Crippen LogP contribution < -0.4 is 14.8 Å². The standard InChI is InChI=1S/C11H15NO2.C11H10/c1-13-10-5-8-3-4-12-7-9(8)6-11(10)14-2;1-9-5-4-7-10-6-2-3-8-11(9)10/h5-6,12H,3-4,7H2,1-2H3;2-8H,1H3. The number of rotatable bonds is 2. The van der Waals surface area contributed by atoms with Gasteiger partial charge >= 0.3 is 0 Å². The Labute approximate surface area is 149 Å². The summed E-state index contributed by atoms with van der Waals surface area (Å²) in [5.41, 5.74) is 4.03. The fourth-order valence-electron chi connectivity index (χ4n) is 3.19. The fraction of sp³-hybridized carbons (Fsp3) is 0.273. The lowest BCUT2D eigenvalue weighted by Crippen LogP contribution is -2.23. The molecular formula is C22H25NO2. The monoisotopic (exact) mass is 335 g/mol. The van der Waals surface area contributed by atoms with E-state index in [9.17, 15) is 0 Å². The van der Waals surface area contributed by atoms with E-state index in [0.29, 0.717) is 0 Å². The van der Waals surface area contributed by atoms with Crippen molar-refractivity contribution in [1.82, 2.24) is 5.32 Å². The van der Waals surface area contributed by atoms with Crippen molar-refractivity contribution < 1.29 is 9.47 Å². The largest absolute Gasteiger partial charge is 0.493 e. The fourth-order valence-corrected chi connectivity index (χ4v) is 3.19. The van der Waals surface area contributed by atoms with E-state index in [-0.39, 0.29) is 0 Å². The van der Waals surface area contributed by atoms with Crippen LogP contribution in [0.4, 0.5) is 0 Å². The lowest BCUT2D eigenvalue weighted by atomic mass is 10.0. The SMILES string of the molecule is COc1cc2c(cc1OC)CNCC2.Cc1cccc2ccccc12. The molecule has 0 aliphatic carbocycles. The Morgan fingerprint density at radius 1 is 0.840 bits per heavy atom. The lowest BCUT2D eigenvalue weighted by molar-refractivity contribution is 0.353. The van der Waals surface area contributed by atoms with Gasteiger partial charge in [-0.25, -0.2) is 0 Å². The van der Waals surface area contributed by atoms with E-state index in [1.807, 2.05) is 0 Å². The van der Waals surface area contributed by atoms with Gasteiger partial charge in [-0.3, -0.25) is 0 Å². The second-order valence-corrected chi connectivity index (χ2v) is 6.20. The van der Waals surface area contributed by atoms with Gasteiger partial charge in [-0.15, -0.1) is 0 Å². The van der Waals surface area contributed by atoms with Crippen molar-refractivity contribution in [2.45, 2.75) is 19.9 Å². The molecule has 0 fully saturated rings. The highest BCUT2D eigenvalue weighted by Crippen LogP contribution is 2.31. The number of ether oxygens (including phenoxy) is 2. The van der Waals surface area contributed by atoms with Crippen LogP contribution in [0, 0.1) is 6.92 Å². The van der Waals surface area contributed by atoms with Gasteiger partial charge in [0.05, 0.1) is 14.2 Å². The Morgan fingerprint density at radius 3 is 2.24 bits per heavy atom. The summed E-state index contributed by atoms with van der Waals surface area (Å²) in [6.45, 7) is 4.11. The van der Waals surface area contributed by atoms with Crippen molar-refractivity contribution in [1.29, 1.82) is 0 Å². The average molecular weight is 335 g/mol. The molecule has 0 bridgehead atoms. The number of methoxy groups -OCH3 is 2. The average Bonchev–Trinajstić information content (AvgIpc) is 2.68. The summed E-state index contributed by atoms with van der Waals surface area (Å²) in [7, 11) is 3.34. The van der Waals surface area contributed by atoms with E-state index < -0.39 is 0 Å². The third-order valence-electron chi connectivity index (χ3n) is 4.60. The number of nitrogens with one attached hydrogen (secondary N) is 1. The van der Waals surface area contributed by atoms with Crippen LogP contribution in [0.1, 0.15) is 16.7 Å². The van der Waals surface area contributed by atoms with Crippen LogP contribution in [0.2, 0.25) is 0 Å². The molecule has 3 aromatic carbocycles. The highest BCUT2D eigenvalue weighted by Gasteiger charge is 2.13. The summed E-state index contributed by atoms with van der Waals surface area (Å²) >= 11 is 0. The van der Waals surface area contributed by atoms with Crippen molar-refractivity contribution >= 4 is 10.8 Å². The van der Waals surface area contributed by atoms with E-state index in [4.69, 9.17) is 9.47 Å². The molecule has 3 heteroatoms. The highest BCUT2D eigenvalue weighted by atomic mass is 16.5. The summed E-state index contributed by atoms with van der Waals surface area (Å²) < 4.78 is 10.5. The first-order valence-electron chi connectivity index (χ1n) is 8.62. The number of hydrogen-bond acceptors (Lipinski definition) is 3. The second kappa shape index (κ2) is 8.04. The Morgan fingerprint density at radius 2 is 1.52 bits per heavy atom. The number of aryl methyl sites for hydroxylation is 1. The molecule has 1 N–H and O–H groups in total. The van der Waals surface area contributed by atoms with Crippen molar-refractivity contribution in [3.05, 3.63) is 71.3 Å². The predicted molar refractivity (Wildman–Crippen MR) is 104 cm³/mol. The van der Waals surface area contributed by atoms with Gasteiger partial charge in [0, 0.05) is 6.54 Å². The van der Waals surface area contributed by atoms with E-state index in [2.05, 4.69) is 66.8 Å². The van der Waals surface area contributed by atoms with E-state index in [1.54, 1.807) is 14.2 Å². The van der Waals surface area contributed by atoms with Gasteiger partial charge < -0.3 is 14.8 Å². The van der Waals surface area contributed by atoms with E-state index in [0.717, 1.165) is 31.0 Å². The van der Waals surface area contributed by atoms with Crippen LogP contribution in [0.3, 0.4) is 0 Å². The van der Waals surface area contributed by atoms with Crippen LogP contribution >= 0.6 is 0 Å². The molecule has 0 unspecified atom stereocenters. The van der Waals surface area contributed by atoms with Crippen molar-refractivity contribution in [3.8, 4) is 11.5 Å². The quantitative estimate of drug-likeness (QED) is 0.748. The summed E-state index contributed by atoms with van der Waals surface area (Å²) in [6, 6.07) is 19.0. The van der Waals surface area contributed by atoms with Crippen LogP contribution in [0.5, 0.6) is 11.5 Å². The minimum atomic E-state index is 0.815. The van der Waals surface area contributed by atoms with Crippen LogP contribution in [0.25, 0.3) is 10.8 Å². The lowest BCUT2D eigenvalue weighted by Gasteiger charge is -2.19. The number of hydrogen-bond donors (Lipinski definition) is 1. The van der Waals surface area contributed by atoms with Crippen LogP contribution in [0.15, 0.2) is 54.6 Å². The predicted octanol–water partition coefficient (Wildman–Crippen LogP) is 4.50. The van der Waals surface area contributed by atoms with E-state index in [1.165, 1.54) is 27.5 Å². The number of fused-ring (bicyclic) bond motifs is 2. The smallest absolute Gasteiger partial charge is 0.161 e. The first-order valence-corrected chi connectivity index (χ1v) is 8.62. The summed E-state index contributed by atoms with van der Waals surface area (Å²) in [4.78, 5) is 0. The zero-order valence-corrected chi connectivity index (χ0v) is 15.1. The minimum absolute atomic E-state index is 0.815. The van der Waals surface area contributed by atoms with Gasteiger partial charge in [-0.2, -0.15) is 0 Å². The van der Waals surface area contributed by atoms with Crippen molar-refractivity contribution in [2.24, 2.45) is 0 Å². The molecule has 0 saturated carbocycles. The highest BCUT2D eigenvalue weighted by molar-refractivity contribution is 5.85. The molecule has 4 rings (SSSR count). The Hall–Kier alpha value is -2.52. The molecule has 0 atom stereocenters. The second-order valence-electron chi connectivity index (χ2n) is 6.20. The minimum Gasteiger partial charge on any atom is -0.493 e. The van der Waals surface area contributed by atoms with Gasteiger partial charge in [-0.1, -0.05) is 42.5 Å². The maximum atomic E-state index is 5.26. The molecule has 3 nitrogen and oxygen atoms in total. The first-order chi connectivity index (χ1) is 12.2. The van der Waals surface area contributed by atoms with Crippen molar-refractivity contribution in [2.75, 3.05) is 20.8 Å². The first kappa shape index (κ1) is 17.3. The van der Waals surface area contributed by atoms with Gasteiger partial charge in [0.15, 0.2) is 11.5 Å². The third-order valence-corrected chi connectivity index (χ3v) is 4.60. The normalized spacial score (nSPS) is 12.8. The molecule has 0 spiro atoms. The molecule has 1 aliphatic rings. The van der Waals surface area contributed by atoms with E-state index >= 15 is 0 Å². The zero-order chi connectivity index (χ0) is 17.6. The summed E-state index contributed by atoms with van der Waals surface area (Å²) in [6.07, 6.45) is 1.07. The third kappa shape index (κ3) is 3.94. The molecule has 3 aromatic rings. The van der Waals surface area contributed by atoms with Gasteiger partial charge in [0.2, 0.25) is 0 Å². The van der Waals surface area contributed by atoms with Gasteiger partial charge in [0.25, 0.3) is 0 Å². The molecule has 1 aliphatic heterocycles. The molecular weight excluding hydrogens is 310 g/mol. The molecule has 130 valence electrons. The molecule has 0 radical (unpaired) electrons.